The van der Waals surface area contributed by atoms with Crippen LogP contribution in [0, 0.1) is 0 Å². The van der Waals surface area contributed by atoms with Gasteiger partial charge in [-0.3, -0.25) is 9.89 Å². The Morgan fingerprint density at radius 2 is 2.00 bits per heavy atom. The molecule has 3 aliphatic rings. The maximum absolute atomic E-state index is 14.8. The Balaban J connectivity index is 1.27. The van der Waals surface area contributed by atoms with Crippen molar-refractivity contribution in [1.82, 2.24) is 24.5 Å². The zero-order chi connectivity index (χ0) is 27.3. The summed E-state index contributed by atoms with van der Waals surface area (Å²) in [4.78, 5) is 15.7. The van der Waals surface area contributed by atoms with Crippen LogP contribution in [0.25, 0.3) is 16.8 Å². The van der Waals surface area contributed by atoms with Crippen LogP contribution in [-0.4, -0.2) is 88.0 Å². The van der Waals surface area contributed by atoms with Crippen molar-refractivity contribution in [3.8, 4) is 11.3 Å². The summed E-state index contributed by atoms with van der Waals surface area (Å²) in [6.45, 7) is 2.69. The van der Waals surface area contributed by atoms with Crippen LogP contribution >= 0.6 is 0 Å². The van der Waals surface area contributed by atoms with Crippen LogP contribution < -0.4 is 10.6 Å². The Labute approximate surface area is 222 Å². The van der Waals surface area contributed by atoms with Crippen LogP contribution in [0.15, 0.2) is 29.4 Å². The summed E-state index contributed by atoms with van der Waals surface area (Å²) in [5, 5.41) is 10.4. The summed E-state index contributed by atoms with van der Waals surface area (Å²) < 4.78 is 61.8. The zero-order valence-electron chi connectivity index (χ0n) is 21.7. The molecule has 2 fully saturated rings. The van der Waals surface area contributed by atoms with Gasteiger partial charge < -0.3 is 15.4 Å². The fraction of sp³-hybridized carbons (Fsp3) is 0.538. The minimum atomic E-state index is -2.93. The number of hydrogen-bond acceptors (Lipinski definition) is 8. The normalized spacial score (nSPS) is 22.8. The summed E-state index contributed by atoms with van der Waals surface area (Å²) in [6.07, 6.45) is 0.194. The second-order valence-electron chi connectivity index (χ2n) is 10.4. The number of hydrogen-bond donors (Lipinski definition) is 2. The first-order chi connectivity index (χ1) is 18.7. The van der Waals surface area contributed by atoms with E-state index in [9.17, 15) is 17.6 Å². The highest BCUT2D eigenvalue weighted by Gasteiger charge is 2.51. The van der Waals surface area contributed by atoms with Crippen LogP contribution in [0.4, 0.5) is 35.0 Å². The lowest BCUT2D eigenvalue weighted by molar-refractivity contribution is -0.0711. The third kappa shape index (κ3) is 4.82. The molecule has 0 saturated carbocycles. The van der Waals surface area contributed by atoms with E-state index < -0.39 is 18.4 Å². The van der Waals surface area contributed by atoms with Gasteiger partial charge in [0, 0.05) is 43.4 Å². The molecule has 0 radical (unpaired) electrons. The number of aliphatic imine (C=N–C) groups is 1. The van der Waals surface area contributed by atoms with Gasteiger partial charge in [0.05, 0.1) is 42.9 Å². The average molecular weight is 547 g/mol. The van der Waals surface area contributed by atoms with Gasteiger partial charge in [-0.1, -0.05) is 0 Å². The van der Waals surface area contributed by atoms with Gasteiger partial charge in [0.15, 0.2) is 5.82 Å². The standard InChI is InChI=1S/C26H30F4N8O/c1-14-16(4-3-5-21(27)28)22-19(32-14)7-6-18(33-22)17-8-9-38-23(17)24(31-2)35-25(36-38)34-20-10-37(13-26(20,29)30)15-11-39-12-15/h6-9,15-16,20-21H,3-5,10-13H2,1-2H3,(H2,31,34,35,36)/t16?,20-/m0/s1. The Bertz CT molecular complexity index is 1410. The molecule has 2 N–H and O–H groups in total. The number of nitrogens with zero attached hydrogens (tertiary/aromatic N) is 6. The molecular formula is C26H30F4N8O. The van der Waals surface area contributed by atoms with Crippen molar-refractivity contribution in [2.24, 2.45) is 4.99 Å². The summed E-state index contributed by atoms with van der Waals surface area (Å²) in [5.74, 6) is -2.49. The van der Waals surface area contributed by atoms with E-state index in [0.29, 0.717) is 43.1 Å². The molecular weight excluding hydrogens is 516 g/mol. The van der Waals surface area contributed by atoms with Gasteiger partial charge in [0.1, 0.15) is 11.6 Å². The molecule has 2 saturated heterocycles. The SMILES string of the molecule is CNc1nc(N[C@H]2CN(C3COC3)CC2(F)F)nn2ccc(-c3ccc4c(n3)C(CCCC(F)F)C(C)=N4)c12. The molecule has 0 spiro atoms. The Kier molecular flexibility index (Phi) is 6.66. The van der Waals surface area contributed by atoms with E-state index in [1.54, 1.807) is 22.7 Å². The Morgan fingerprint density at radius 3 is 2.72 bits per heavy atom. The topological polar surface area (TPSA) is 92.0 Å². The highest BCUT2D eigenvalue weighted by molar-refractivity contribution is 5.96. The maximum Gasteiger partial charge on any atom is 0.281 e. The third-order valence-corrected chi connectivity index (χ3v) is 7.75. The molecule has 6 rings (SSSR count). The third-order valence-electron chi connectivity index (χ3n) is 7.75. The van der Waals surface area contributed by atoms with Gasteiger partial charge in [-0.25, -0.2) is 27.1 Å². The van der Waals surface area contributed by atoms with Gasteiger partial charge >= 0.3 is 0 Å². The molecule has 0 amide bonds. The summed E-state index contributed by atoms with van der Waals surface area (Å²) >= 11 is 0. The van der Waals surface area contributed by atoms with Gasteiger partial charge in [0.25, 0.3) is 5.92 Å². The number of anilines is 2. The number of halogens is 4. The van der Waals surface area contributed by atoms with E-state index in [1.807, 2.05) is 25.1 Å². The number of ether oxygens (including phenoxy) is 1. The minimum absolute atomic E-state index is 0.0175. The zero-order valence-corrected chi connectivity index (χ0v) is 21.7. The van der Waals surface area contributed by atoms with E-state index >= 15 is 0 Å². The lowest BCUT2D eigenvalue weighted by atomic mass is 9.94. The van der Waals surface area contributed by atoms with Crippen molar-refractivity contribution in [3.05, 3.63) is 30.1 Å². The van der Waals surface area contributed by atoms with E-state index in [2.05, 4.69) is 25.7 Å². The molecule has 0 aromatic carbocycles. The molecule has 1 unspecified atom stereocenters. The quantitative estimate of drug-likeness (QED) is 0.380. The molecule has 39 heavy (non-hydrogen) atoms. The smallest absolute Gasteiger partial charge is 0.281 e. The molecule has 3 aliphatic heterocycles. The van der Waals surface area contributed by atoms with Gasteiger partial charge in [0.2, 0.25) is 12.4 Å². The predicted molar refractivity (Wildman–Crippen MR) is 140 cm³/mol. The number of alkyl halides is 4. The average Bonchev–Trinajstić information content (AvgIpc) is 3.50. The lowest BCUT2D eigenvalue weighted by Gasteiger charge is -2.34. The molecule has 208 valence electrons. The van der Waals surface area contributed by atoms with Crippen molar-refractivity contribution >= 4 is 28.7 Å². The van der Waals surface area contributed by atoms with E-state index in [1.165, 1.54) is 0 Å². The Morgan fingerprint density at radius 1 is 1.18 bits per heavy atom. The van der Waals surface area contributed by atoms with E-state index in [4.69, 9.17) is 9.72 Å². The number of likely N-dealkylation sites (tertiary alicyclic amines) is 1. The van der Waals surface area contributed by atoms with Crippen LogP contribution in [0.2, 0.25) is 0 Å². The summed E-state index contributed by atoms with van der Waals surface area (Å²) in [6, 6.07) is 4.48. The first kappa shape index (κ1) is 25.9. The van der Waals surface area contributed by atoms with Crippen molar-refractivity contribution in [1.29, 1.82) is 0 Å². The molecule has 0 bridgehead atoms. The predicted octanol–water partition coefficient (Wildman–Crippen LogP) is 4.59. The van der Waals surface area contributed by atoms with Crippen molar-refractivity contribution in [2.45, 2.75) is 56.5 Å². The number of fused-ring (bicyclic) bond motifs is 2. The second kappa shape index (κ2) is 10.0. The fourth-order valence-electron chi connectivity index (χ4n) is 5.56. The highest BCUT2D eigenvalue weighted by atomic mass is 19.3. The van der Waals surface area contributed by atoms with Crippen LogP contribution in [0.5, 0.6) is 0 Å². The number of aromatic nitrogens is 4. The summed E-state index contributed by atoms with van der Waals surface area (Å²) in [7, 11) is 1.71. The first-order valence-electron chi connectivity index (χ1n) is 13.1. The number of nitrogens with one attached hydrogen (secondary N) is 2. The minimum Gasteiger partial charge on any atom is -0.378 e. The maximum atomic E-state index is 14.8. The number of pyridine rings is 1. The molecule has 9 nitrogen and oxygen atoms in total. The van der Waals surface area contributed by atoms with Gasteiger partial charge in [-0.05, 0) is 38.0 Å². The molecule has 2 atom stereocenters. The highest BCUT2D eigenvalue weighted by Crippen LogP contribution is 2.40. The monoisotopic (exact) mass is 546 g/mol. The lowest BCUT2D eigenvalue weighted by Crippen LogP contribution is -2.48. The van der Waals surface area contributed by atoms with Crippen molar-refractivity contribution < 1.29 is 22.3 Å². The van der Waals surface area contributed by atoms with E-state index in [0.717, 1.165) is 22.7 Å². The fourth-order valence-corrected chi connectivity index (χ4v) is 5.56. The van der Waals surface area contributed by atoms with Crippen molar-refractivity contribution in [3.63, 3.8) is 0 Å². The van der Waals surface area contributed by atoms with Crippen LogP contribution in [0.3, 0.4) is 0 Å². The first-order valence-corrected chi connectivity index (χ1v) is 13.1. The molecule has 0 aliphatic carbocycles. The second-order valence-corrected chi connectivity index (χ2v) is 10.4. The van der Waals surface area contributed by atoms with Gasteiger partial charge in [-0.15, -0.1) is 5.10 Å². The summed E-state index contributed by atoms with van der Waals surface area (Å²) in [5.41, 5.74) is 4.46. The number of rotatable bonds is 9. The Hall–Kier alpha value is -3.32. The largest absolute Gasteiger partial charge is 0.378 e. The molecule has 6 heterocycles. The molecule has 3 aromatic rings. The molecule has 13 heteroatoms. The van der Waals surface area contributed by atoms with Crippen LogP contribution in [0.1, 0.15) is 37.8 Å². The molecule has 3 aromatic heterocycles. The van der Waals surface area contributed by atoms with Crippen molar-refractivity contribution in [2.75, 3.05) is 44.0 Å². The van der Waals surface area contributed by atoms with Gasteiger partial charge in [-0.2, -0.15) is 4.98 Å². The van der Waals surface area contributed by atoms with Crippen LogP contribution in [-0.2, 0) is 4.74 Å². The van der Waals surface area contributed by atoms with E-state index in [-0.39, 0.29) is 37.4 Å².